The van der Waals surface area contributed by atoms with Gasteiger partial charge in [0.25, 0.3) is 11.4 Å². The van der Waals surface area contributed by atoms with Gasteiger partial charge in [-0.05, 0) is 24.3 Å². The van der Waals surface area contributed by atoms with Gasteiger partial charge in [0, 0.05) is 61.0 Å². The van der Waals surface area contributed by atoms with Crippen LogP contribution in [0.15, 0.2) is 46.2 Å². The molecule has 2 atom stereocenters. The van der Waals surface area contributed by atoms with Crippen molar-refractivity contribution in [1.82, 2.24) is 0 Å². The van der Waals surface area contributed by atoms with E-state index in [2.05, 4.69) is 0 Å². The summed E-state index contributed by atoms with van der Waals surface area (Å²) in [6.45, 7) is 0. The summed E-state index contributed by atoms with van der Waals surface area (Å²) in [5.41, 5.74) is -0.747. The zero-order chi connectivity index (χ0) is 20.0. The molecule has 0 aliphatic heterocycles. The molecule has 0 aliphatic carbocycles. The maximum Gasteiger partial charge on any atom is 0.289 e. The molecular weight excluding hydrogens is 573 g/mol. The van der Waals surface area contributed by atoms with E-state index < -0.39 is 32.0 Å². The standard InChI is InChI=1S/2C6H4ClNO4S.Ba/c2*7-5-2-1-4(13(11)12)3-6(5)8(9)10;/h2*1-3H,(H,11,12);. The van der Waals surface area contributed by atoms with Crippen LogP contribution in [0.5, 0.6) is 0 Å². The van der Waals surface area contributed by atoms with Crippen molar-refractivity contribution in [3.63, 3.8) is 0 Å². The van der Waals surface area contributed by atoms with Crippen LogP contribution in [0.25, 0.3) is 0 Å². The maximum absolute atomic E-state index is 10.5. The molecule has 0 spiro atoms. The molecule has 2 radical (unpaired) electrons. The minimum Gasteiger partial charge on any atom is -0.302 e. The third-order valence-electron chi connectivity index (χ3n) is 2.63. The molecule has 0 amide bonds. The van der Waals surface area contributed by atoms with Gasteiger partial charge >= 0.3 is 0 Å². The molecule has 0 heterocycles. The average molecular weight is 581 g/mol. The Hall–Kier alpha value is -0.389. The van der Waals surface area contributed by atoms with E-state index >= 15 is 0 Å². The minimum absolute atomic E-state index is 0. The summed E-state index contributed by atoms with van der Waals surface area (Å²) in [6, 6.07) is 6.88. The number of halogens is 2. The van der Waals surface area contributed by atoms with Gasteiger partial charge in [0.15, 0.2) is 22.2 Å². The summed E-state index contributed by atoms with van der Waals surface area (Å²) in [5, 5.41) is 20.6. The van der Waals surface area contributed by atoms with Gasteiger partial charge in [-0.1, -0.05) is 23.2 Å². The van der Waals surface area contributed by atoms with Crippen molar-refractivity contribution < 1.29 is 27.4 Å². The Morgan fingerprint density at radius 3 is 1.30 bits per heavy atom. The van der Waals surface area contributed by atoms with Crippen LogP contribution in [0.2, 0.25) is 10.0 Å². The molecule has 27 heavy (non-hydrogen) atoms. The fraction of sp³-hybridized carbons (Fsp3) is 0. The number of nitrogens with zero attached hydrogens (tertiary/aromatic N) is 2. The predicted molar refractivity (Wildman–Crippen MR) is 100 cm³/mol. The third kappa shape index (κ3) is 8.25. The van der Waals surface area contributed by atoms with E-state index in [0.29, 0.717) is 0 Å². The smallest absolute Gasteiger partial charge is 0.289 e. The fourth-order valence-corrected chi connectivity index (χ4v) is 2.65. The van der Waals surface area contributed by atoms with Crippen molar-refractivity contribution in [3.05, 3.63) is 66.7 Å². The number of rotatable bonds is 4. The van der Waals surface area contributed by atoms with E-state index in [4.69, 9.17) is 32.3 Å². The first-order chi connectivity index (χ1) is 12.0. The first-order valence-electron chi connectivity index (χ1n) is 6.14. The SMILES string of the molecule is O=[N+]([O-])c1cc(S(=O)O)ccc1Cl.O=[N+]([O-])c1cc(S(=O)O)ccc1Cl.[Ba]. The zero-order valence-electron chi connectivity index (χ0n) is 13.0. The van der Waals surface area contributed by atoms with Gasteiger partial charge in [-0.25, -0.2) is 8.42 Å². The van der Waals surface area contributed by atoms with E-state index in [0.717, 1.165) is 12.1 Å². The second-order valence-corrected chi connectivity index (χ2v) is 6.99. The van der Waals surface area contributed by atoms with Crippen LogP contribution in [0.1, 0.15) is 0 Å². The van der Waals surface area contributed by atoms with Crippen molar-refractivity contribution in [1.29, 1.82) is 0 Å². The number of hydrogen-bond acceptors (Lipinski definition) is 6. The van der Waals surface area contributed by atoms with Crippen LogP contribution in [-0.2, 0) is 22.2 Å². The van der Waals surface area contributed by atoms with E-state index in [9.17, 15) is 28.6 Å². The van der Waals surface area contributed by atoms with Crippen LogP contribution in [-0.4, -0.2) is 76.3 Å². The van der Waals surface area contributed by atoms with Crippen molar-refractivity contribution in [3.8, 4) is 0 Å². The Labute approximate surface area is 207 Å². The molecule has 2 N–H and O–H groups in total. The van der Waals surface area contributed by atoms with E-state index in [1.165, 1.54) is 24.3 Å². The second-order valence-electron chi connectivity index (χ2n) is 4.24. The number of benzene rings is 2. The summed E-state index contributed by atoms with van der Waals surface area (Å²) in [4.78, 5) is 19.2. The summed E-state index contributed by atoms with van der Waals surface area (Å²) < 4.78 is 38.3. The van der Waals surface area contributed by atoms with Gasteiger partial charge in [-0.3, -0.25) is 20.2 Å². The van der Waals surface area contributed by atoms with Crippen molar-refractivity contribution in [2.24, 2.45) is 0 Å². The van der Waals surface area contributed by atoms with Crippen LogP contribution in [0, 0.1) is 20.2 Å². The van der Waals surface area contributed by atoms with Gasteiger partial charge < -0.3 is 9.11 Å². The molecule has 0 aliphatic rings. The molecular formula is C12H8BaCl2N2O8S2. The van der Waals surface area contributed by atoms with E-state index in [1.54, 1.807) is 0 Å². The van der Waals surface area contributed by atoms with Crippen molar-refractivity contribution in [2.75, 3.05) is 0 Å². The number of nitro benzene ring substituents is 2. The monoisotopic (exact) mass is 580 g/mol. The van der Waals surface area contributed by atoms with E-state index in [1.807, 2.05) is 0 Å². The first kappa shape index (κ1) is 26.6. The normalized spacial score (nSPS) is 12.0. The largest absolute Gasteiger partial charge is 0.302 e. The quantitative estimate of drug-likeness (QED) is 0.241. The Kier molecular flexibility index (Phi) is 12.1. The van der Waals surface area contributed by atoms with Crippen LogP contribution in [0.3, 0.4) is 0 Å². The van der Waals surface area contributed by atoms with Gasteiger partial charge in [0.2, 0.25) is 0 Å². The molecule has 0 bridgehead atoms. The summed E-state index contributed by atoms with van der Waals surface area (Å²) in [7, 11) is 0. The topological polar surface area (TPSA) is 161 Å². The van der Waals surface area contributed by atoms with Crippen molar-refractivity contribution in [2.45, 2.75) is 9.79 Å². The molecule has 2 aromatic carbocycles. The Morgan fingerprint density at radius 2 is 1.07 bits per heavy atom. The van der Waals surface area contributed by atoms with Gasteiger partial charge in [-0.15, -0.1) is 0 Å². The Morgan fingerprint density at radius 1 is 0.778 bits per heavy atom. The minimum atomic E-state index is -2.23. The molecule has 2 unspecified atom stereocenters. The first-order valence-corrected chi connectivity index (χ1v) is 9.11. The molecule has 0 saturated heterocycles. The van der Waals surface area contributed by atoms with Crippen molar-refractivity contribution >= 4 is 106 Å². The number of hydrogen-bond donors (Lipinski definition) is 2. The molecule has 142 valence electrons. The van der Waals surface area contributed by atoms with Gasteiger partial charge in [0.1, 0.15) is 10.0 Å². The average Bonchev–Trinajstić information content (AvgIpc) is 2.55. The fourth-order valence-electron chi connectivity index (χ4n) is 1.48. The van der Waals surface area contributed by atoms with E-state index in [-0.39, 0.29) is 80.1 Å². The summed E-state index contributed by atoms with van der Waals surface area (Å²) in [6.07, 6.45) is 0. The molecule has 2 aromatic rings. The zero-order valence-corrected chi connectivity index (χ0v) is 20.6. The summed E-state index contributed by atoms with van der Waals surface area (Å²) in [5.74, 6) is 0. The maximum atomic E-state index is 10.5. The number of nitro groups is 2. The van der Waals surface area contributed by atoms with Crippen LogP contribution in [0.4, 0.5) is 11.4 Å². The molecule has 2 rings (SSSR count). The molecule has 15 heteroatoms. The second kappa shape index (κ2) is 12.2. The third-order valence-corrected chi connectivity index (χ3v) is 4.59. The summed E-state index contributed by atoms with van der Waals surface area (Å²) >= 11 is 6.49. The van der Waals surface area contributed by atoms with Crippen LogP contribution < -0.4 is 0 Å². The predicted octanol–water partition coefficient (Wildman–Crippen LogP) is 3.28. The Bertz CT molecular complexity index is 841. The molecule has 0 saturated carbocycles. The molecule has 0 aromatic heterocycles. The Balaban J connectivity index is 0.000000483. The van der Waals surface area contributed by atoms with Gasteiger partial charge in [0.05, 0.1) is 19.6 Å². The molecule has 10 nitrogen and oxygen atoms in total. The van der Waals surface area contributed by atoms with Gasteiger partial charge in [-0.2, -0.15) is 0 Å². The van der Waals surface area contributed by atoms with Crippen LogP contribution >= 0.6 is 23.2 Å². The molecule has 0 fully saturated rings.